The first kappa shape index (κ1) is 10.6. The van der Waals surface area contributed by atoms with Crippen LogP contribution in [0.2, 0.25) is 0 Å². The van der Waals surface area contributed by atoms with Crippen LogP contribution in [0.1, 0.15) is 6.23 Å². The van der Waals surface area contributed by atoms with Gasteiger partial charge in [0, 0.05) is 12.3 Å². The van der Waals surface area contributed by atoms with Crippen molar-refractivity contribution in [1.29, 1.82) is 0 Å². The Labute approximate surface area is 88.6 Å². The average Bonchev–Trinajstić information content (AvgIpc) is 2.46. The van der Waals surface area contributed by atoms with Crippen LogP contribution in [-0.2, 0) is 4.74 Å². The first-order valence-electron chi connectivity index (χ1n) is 4.50. The van der Waals surface area contributed by atoms with E-state index >= 15 is 0 Å². The summed E-state index contributed by atoms with van der Waals surface area (Å²) in [5.74, 6) is -0.143. The molecule has 16 heavy (non-hydrogen) atoms. The zero-order valence-corrected chi connectivity index (χ0v) is 8.09. The normalized spacial score (nSPS) is 29.1. The van der Waals surface area contributed by atoms with Gasteiger partial charge in [-0.1, -0.05) is 6.58 Å². The molecule has 0 aromatic carbocycles. The van der Waals surface area contributed by atoms with Gasteiger partial charge in [-0.3, -0.25) is 14.3 Å². The monoisotopic (exact) mass is 228 g/mol. The number of nitrogens with zero attached hydrogens (tertiary/aromatic N) is 1. The molecule has 0 aliphatic carbocycles. The fourth-order valence-corrected chi connectivity index (χ4v) is 1.46. The van der Waals surface area contributed by atoms with Gasteiger partial charge in [0.1, 0.15) is 11.9 Å². The number of aliphatic hydroxyl groups excluding tert-OH is 1. The second kappa shape index (κ2) is 3.60. The van der Waals surface area contributed by atoms with Crippen LogP contribution >= 0.6 is 0 Å². The van der Waals surface area contributed by atoms with E-state index < -0.39 is 29.8 Å². The zero-order chi connectivity index (χ0) is 11.9. The molecule has 1 saturated heterocycles. The van der Waals surface area contributed by atoms with Crippen molar-refractivity contribution in [3.05, 3.63) is 45.4 Å². The predicted octanol–water partition coefficient (Wildman–Crippen LogP) is -0.722. The van der Waals surface area contributed by atoms with Crippen LogP contribution in [0.3, 0.4) is 0 Å². The topological polar surface area (TPSA) is 84.3 Å². The molecule has 0 spiro atoms. The molecule has 0 bridgehead atoms. The Hall–Kier alpha value is -1.89. The standard InChI is InChI=1S/C9H9FN2O4/c1-4-7(14)6(10)8(16-4)12-3-2-5(13)11-9(12)15/h2-3,6-8,14H,1H2,(H,11,13,15)/t6-,7+,8+/m0/s1. The van der Waals surface area contributed by atoms with Crippen LogP contribution < -0.4 is 11.2 Å². The zero-order valence-electron chi connectivity index (χ0n) is 8.09. The van der Waals surface area contributed by atoms with Gasteiger partial charge in [0.25, 0.3) is 5.56 Å². The average molecular weight is 228 g/mol. The minimum atomic E-state index is -1.80. The molecule has 6 nitrogen and oxygen atoms in total. The predicted molar refractivity (Wildman–Crippen MR) is 51.5 cm³/mol. The number of aromatic amines is 1. The maximum Gasteiger partial charge on any atom is 0.331 e. The van der Waals surface area contributed by atoms with E-state index in [1.807, 2.05) is 4.98 Å². The summed E-state index contributed by atoms with van der Waals surface area (Å²) in [6.45, 7) is 3.31. The largest absolute Gasteiger partial charge is 0.469 e. The molecule has 1 aliphatic heterocycles. The minimum Gasteiger partial charge on any atom is -0.469 e. The maximum atomic E-state index is 13.5. The number of alkyl halides is 1. The van der Waals surface area contributed by atoms with E-state index in [1.165, 1.54) is 0 Å². The molecule has 86 valence electrons. The van der Waals surface area contributed by atoms with Gasteiger partial charge < -0.3 is 9.84 Å². The maximum absolute atomic E-state index is 13.5. The number of halogens is 1. The van der Waals surface area contributed by atoms with Gasteiger partial charge in [-0.25, -0.2) is 9.18 Å². The van der Waals surface area contributed by atoms with Crippen molar-refractivity contribution in [2.75, 3.05) is 0 Å². The van der Waals surface area contributed by atoms with E-state index in [0.29, 0.717) is 0 Å². The lowest BCUT2D eigenvalue weighted by atomic mass is 10.2. The molecule has 2 rings (SSSR count). The van der Waals surface area contributed by atoms with Gasteiger partial charge in [0.2, 0.25) is 6.23 Å². The Morgan fingerprint density at radius 3 is 2.75 bits per heavy atom. The molecule has 1 fully saturated rings. The number of rotatable bonds is 1. The van der Waals surface area contributed by atoms with Crippen LogP contribution in [-0.4, -0.2) is 26.9 Å². The fourth-order valence-electron chi connectivity index (χ4n) is 1.46. The van der Waals surface area contributed by atoms with Gasteiger partial charge in [-0.15, -0.1) is 0 Å². The number of hydrogen-bond donors (Lipinski definition) is 2. The Kier molecular flexibility index (Phi) is 2.39. The van der Waals surface area contributed by atoms with Crippen molar-refractivity contribution in [2.45, 2.75) is 18.5 Å². The second-order valence-corrected chi connectivity index (χ2v) is 3.38. The van der Waals surface area contributed by atoms with E-state index in [1.54, 1.807) is 0 Å². The number of nitrogens with one attached hydrogen (secondary N) is 1. The van der Waals surface area contributed by atoms with Crippen LogP contribution in [0.4, 0.5) is 4.39 Å². The van der Waals surface area contributed by atoms with Crippen molar-refractivity contribution >= 4 is 0 Å². The lowest BCUT2D eigenvalue weighted by Crippen LogP contribution is -2.35. The lowest BCUT2D eigenvalue weighted by Gasteiger charge is -2.14. The number of aliphatic hydroxyl groups is 1. The van der Waals surface area contributed by atoms with Crippen LogP contribution in [0.5, 0.6) is 0 Å². The van der Waals surface area contributed by atoms with Crippen LogP contribution in [0.25, 0.3) is 0 Å². The Morgan fingerprint density at radius 1 is 1.56 bits per heavy atom. The molecule has 1 aliphatic rings. The Balaban J connectivity index is 2.43. The Morgan fingerprint density at radius 2 is 2.25 bits per heavy atom. The molecule has 0 amide bonds. The quantitative estimate of drug-likeness (QED) is 0.664. The van der Waals surface area contributed by atoms with Crippen molar-refractivity contribution in [1.82, 2.24) is 9.55 Å². The third kappa shape index (κ3) is 1.54. The first-order valence-corrected chi connectivity index (χ1v) is 4.50. The SMILES string of the molecule is C=C1O[C@@H](n2ccc(=O)[nH]c2=O)[C@@H](F)[C@@H]1O. The number of hydrogen-bond acceptors (Lipinski definition) is 4. The van der Waals surface area contributed by atoms with Gasteiger partial charge >= 0.3 is 5.69 Å². The van der Waals surface area contributed by atoms with Crippen molar-refractivity contribution in [3.8, 4) is 0 Å². The van der Waals surface area contributed by atoms with Crippen LogP contribution in [0.15, 0.2) is 34.2 Å². The summed E-state index contributed by atoms with van der Waals surface area (Å²) in [5.41, 5.74) is -1.39. The molecule has 0 unspecified atom stereocenters. The summed E-state index contributed by atoms with van der Waals surface area (Å²) >= 11 is 0. The molecule has 2 N–H and O–H groups in total. The highest BCUT2D eigenvalue weighted by Crippen LogP contribution is 2.31. The van der Waals surface area contributed by atoms with Gasteiger partial charge in [-0.2, -0.15) is 0 Å². The molecule has 3 atom stereocenters. The van der Waals surface area contributed by atoms with Crippen LogP contribution in [0, 0.1) is 0 Å². The highest BCUT2D eigenvalue weighted by molar-refractivity contribution is 5.05. The summed E-state index contributed by atoms with van der Waals surface area (Å²) in [6.07, 6.45) is -3.46. The van der Waals surface area contributed by atoms with E-state index in [2.05, 4.69) is 6.58 Å². The number of aromatic nitrogens is 2. The Bertz CT molecular complexity index is 535. The van der Waals surface area contributed by atoms with Gasteiger partial charge in [0.15, 0.2) is 6.17 Å². The molecule has 7 heteroatoms. The summed E-state index contributed by atoms with van der Waals surface area (Å²) < 4.78 is 19.3. The number of ether oxygens (including phenoxy) is 1. The molecule has 1 aromatic rings. The summed E-state index contributed by atoms with van der Waals surface area (Å²) in [6, 6.07) is 1.06. The van der Waals surface area contributed by atoms with Gasteiger partial charge in [0.05, 0.1) is 0 Å². The third-order valence-electron chi connectivity index (χ3n) is 2.30. The van der Waals surface area contributed by atoms with E-state index in [9.17, 15) is 19.1 Å². The second-order valence-electron chi connectivity index (χ2n) is 3.38. The van der Waals surface area contributed by atoms with Crippen molar-refractivity contribution in [3.63, 3.8) is 0 Å². The first-order chi connectivity index (χ1) is 7.50. The van der Waals surface area contributed by atoms with Crippen molar-refractivity contribution < 1.29 is 14.2 Å². The molecule has 0 radical (unpaired) electrons. The van der Waals surface area contributed by atoms with E-state index in [4.69, 9.17) is 4.74 Å². The number of H-pyrrole nitrogens is 1. The molecule has 2 heterocycles. The minimum absolute atomic E-state index is 0.143. The summed E-state index contributed by atoms with van der Waals surface area (Å²) in [5, 5.41) is 9.26. The van der Waals surface area contributed by atoms with E-state index in [0.717, 1.165) is 16.8 Å². The molecular weight excluding hydrogens is 219 g/mol. The highest BCUT2D eigenvalue weighted by atomic mass is 19.1. The summed E-state index contributed by atoms with van der Waals surface area (Å²) in [4.78, 5) is 24.1. The summed E-state index contributed by atoms with van der Waals surface area (Å²) in [7, 11) is 0. The van der Waals surface area contributed by atoms with E-state index in [-0.39, 0.29) is 5.76 Å². The lowest BCUT2D eigenvalue weighted by molar-refractivity contribution is 0.0341. The van der Waals surface area contributed by atoms with Gasteiger partial charge in [-0.05, 0) is 0 Å². The third-order valence-corrected chi connectivity index (χ3v) is 2.30. The highest BCUT2D eigenvalue weighted by Gasteiger charge is 2.41. The molecule has 1 aromatic heterocycles. The smallest absolute Gasteiger partial charge is 0.331 e. The molecular formula is C9H9FN2O4. The molecule has 0 saturated carbocycles. The van der Waals surface area contributed by atoms with Crippen molar-refractivity contribution in [2.24, 2.45) is 0 Å². The fraction of sp³-hybridized carbons (Fsp3) is 0.333.